The first-order valence-corrected chi connectivity index (χ1v) is 49.7. The molecule has 0 unspecified atom stereocenters. The number of Topliss-reactive ketones (excluding diaryl/α,β-unsaturated/α-hetero) is 3. The molecule has 140 heavy (non-hydrogen) atoms. The summed E-state index contributed by atoms with van der Waals surface area (Å²) in [5.41, 5.74) is 21.5. The highest BCUT2D eigenvalue weighted by Gasteiger charge is 2.54. The molecule has 13 rings (SSSR count). The molecule has 5 aromatic heterocycles. The van der Waals surface area contributed by atoms with Crippen LogP contribution in [0.5, 0.6) is 0 Å². The number of hydrogen-bond acceptors (Lipinski definition) is 33. The number of rotatable bonds is 32. The number of cyclic esters (lactones) is 1. The van der Waals surface area contributed by atoms with Crippen molar-refractivity contribution in [2.24, 2.45) is 35.5 Å². The maximum atomic E-state index is 14.8. The number of aryl methyl sites for hydroxylation is 1. The number of aliphatic hydroxyl groups is 2. The Morgan fingerprint density at radius 3 is 2.09 bits per heavy atom. The van der Waals surface area contributed by atoms with Crippen LogP contribution < -0.4 is 21.3 Å². The Kier molecular flexibility index (Phi) is 40.8. The van der Waals surface area contributed by atoms with Gasteiger partial charge in [-0.3, -0.25) is 28.8 Å². The fraction of sp³-hybridized carbons (Fsp3) is 0.606. The number of nitrogen functional groups attached to an aromatic ring is 2. The summed E-state index contributed by atoms with van der Waals surface area (Å²) in [7, 11) is 6.20. The number of hydrogen-bond donors (Lipinski definition) is 4. The van der Waals surface area contributed by atoms with E-state index in [1.165, 1.54) is 23.9 Å². The number of benzene rings is 2. The molecule has 762 valence electrons. The van der Waals surface area contributed by atoms with Crippen molar-refractivity contribution >= 4 is 87.0 Å². The Morgan fingerprint density at radius 1 is 0.671 bits per heavy atom. The molecule has 1 saturated carbocycles. The fourth-order valence-electron chi connectivity index (χ4n) is 19.6. The number of piperidine rings is 1. The molecule has 0 spiro atoms. The van der Waals surface area contributed by atoms with Gasteiger partial charge in [-0.1, -0.05) is 89.3 Å². The monoisotopic (exact) mass is 1940 g/mol. The SMILES string of the molecule is CCOCCC(=O)CCc1cnc(N2CCN(c3ncc(C(=O)N4CCc5cc(Cn6nc(-c7ccc8oc(N)nc8c7)c7c(N)ncnc76)ccc5C4)cn3)CC2)nc1.CCOCCOCCOCCCC(=O)O[C@@H]1CC[C@@H](C[C@@H](C)[C@@H]2C[C@@H](OC)[C@H](C)/C=C(\C)[C@@H](O)[C@@H](OC)C(=O)[C@H](C)C[C@H](C)/C=C/C=C/C=C(\C)[C@@H](OC)C[C@@H]3CC[C@@H](C)[C@@](O)(O3)C(=O)C(=O)N3CCCC[C@H]3C(=O)O2)C[C@H]1OC. The summed E-state index contributed by atoms with van der Waals surface area (Å²) in [6.45, 7) is 25.5. The molecular weight excluding hydrogens is 1800 g/mol. The van der Waals surface area contributed by atoms with Gasteiger partial charge in [0.15, 0.2) is 17.0 Å². The number of nitrogens with two attached hydrogens (primary N) is 2. The average Bonchev–Trinajstić information content (AvgIpc) is 1.42. The van der Waals surface area contributed by atoms with Gasteiger partial charge in [-0.2, -0.15) is 10.1 Å². The number of anilines is 4. The lowest BCUT2D eigenvalue weighted by atomic mass is 9.78. The predicted molar refractivity (Wildman–Crippen MR) is 526 cm³/mol. The first-order valence-electron chi connectivity index (χ1n) is 49.7. The van der Waals surface area contributed by atoms with E-state index in [1.54, 1.807) is 66.0 Å². The van der Waals surface area contributed by atoms with Gasteiger partial charge in [0, 0.05) is 174 Å². The third kappa shape index (κ3) is 29.0. The number of amides is 2. The lowest BCUT2D eigenvalue weighted by Crippen LogP contribution is -2.61. The maximum Gasteiger partial charge on any atom is 0.329 e. The van der Waals surface area contributed by atoms with Gasteiger partial charge in [0.1, 0.15) is 59.6 Å². The van der Waals surface area contributed by atoms with Crippen LogP contribution in [-0.2, 0) is 107 Å². The zero-order valence-corrected chi connectivity index (χ0v) is 83.6. The Hall–Kier alpha value is -10.8. The van der Waals surface area contributed by atoms with Crippen LogP contribution in [0.25, 0.3) is 33.4 Å². The number of methoxy groups -OCH3 is 4. The van der Waals surface area contributed by atoms with Crippen molar-refractivity contribution in [2.45, 2.75) is 252 Å². The zero-order valence-electron chi connectivity index (χ0n) is 83.6. The minimum absolute atomic E-state index is 0.0283. The van der Waals surface area contributed by atoms with Gasteiger partial charge in [0.2, 0.25) is 17.7 Å². The highest BCUT2D eigenvalue weighted by atomic mass is 16.6. The molecular formula is C104H145N15O21. The number of ether oxygens (including phenoxy) is 11. The van der Waals surface area contributed by atoms with E-state index in [1.807, 2.05) is 107 Å². The van der Waals surface area contributed by atoms with E-state index in [0.29, 0.717) is 245 Å². The number of oxazole rings is 1. The fourth-order valence-corrected chi connectivity index (χ4v) is 19.6. The smallest absolute Gasteiger partial charge is 0.329 e. The first-order chi connectivity index (χ1) is 67.5. The van der Waals surface area contributed by atoms with Crippen LogP contribution in [0.15, 0.2) is 120 Å². The summed E-state index contributed by atoms with van der Waals surface area (Å²) in [6, 6.07) is 10.9. The van der Waals surface area contributed by atoms with Crippen molar-refractivity contribution in [3.63, 3.8) is 0 Å². The van der Waals surface area contributed by atoms with Gasteiger partial charge in [-0.15, -0.1) is 0 Å². The lowest BCUT2D eigenvalue weighted by molar-refractivity contribution is -0.265. The molecule has 2 aromatic carbocycles. The molecule has 10 heterocycles. The van der Waals surface area contributed by atoms with Gasteiger partial charge in [0.05, 0.1) is 74.9 Å². The summed E-state index contributed by atoms with van der Waals surface area (Å²) >= 11 is 0. The number of esters is 2. The van der Waals surface area contributed by atoms with Crippen LogP contribution in [0.2, 0.25) is 0 Å². The summed E-state index contributed by atoms with van der Waals surface area (Å²) in [6.07, 6.45) is 23.2. The Morgan fingerprint density at radius 2 is 1.38 bits per heavy atom. The van der Waals surface area contributed by atoms with Gasteiger partial charge in [-0.05, 0) is 181 Å². The number of carbonyl (C=O) groups excluding carboxylic acids is 7. The minimum Gasteiger partial charge on any atom is -0.460 e. The molecule has 0 radical (unpaired) electrons. The molecule has 1 aliphatic carbocycles. The molecule has 36 heteroatoms. The third-order valence-corrected chi connectivity index (χ3v) is 27.8. The van der Waals surface area contributed by atoms with E-state index in [2.05, 4.69) is 62.9 Å². The van der Waals surface area contributed by atoms with Crippen molar-refractivity contribution in [1.29, 1.82) is 0 Å². The number of aromatic nitrogens is 9. The zero-order chi connectivity index (χ0) is 100. The molecule has 6 aliphatic rings. The molecule has 6 N–H and O–H groups in total. The van der Waals surface area contributed by atoms with Crippen LogP contribution in [0, 0.1) is 35.5 Å². The van der Waals surface area contributed by atoms with Gasteiger partial charge >= 0.3 is 11.9 Å². The van der Waals surface area contributed by atoms with E-state index in [9.17, 15) is 43.8 Å². The quantitative estimate of drug-likeness (QED) is 0.0132. The average molecular weight is 1940 g/mol. The van der Waals surface area contributed by atoms with Gasteiger partial charge in [-0.25, -0.2) is 39.4 Å². The minimum atomic E-state index is -2.43. The van der Waals surface area contributed by atoms with Crippen molar-refractivity contribution in [1.82, 2.24) is 54.5 Å². The number of nitrogens with zero attached hydrogens (tertiary/aromatic N) is 13. The van der Waals surface area contributed by atoms with Crippen molar-refractivity contribution in [3.05, 3.63) is 143 Å². The topological polar surface area (TPSA) is 448 Å². The first kappa shape index (κ1) is 108. The van der Waals surface area contributed by atoms with E-state index in [4.69, 9.17) is 73.1 Å². The summed E-state index contributed by atoms with van der Waals surface area (Å²) in [4.78, 5) is 135. The number of fused-ring (bicyclic) bond motifs is 6. The van der Waals surface area contributed by atoms with E-state index < -0.39 is 84.1 Å². The van der Waals surface area contributed by atoms with Crippen LogP contribution in [0.4, 0.5) is 23.7 Å². The predicted octanol–water partition coefficient (Wildman–Crippen LogP) is 11.9. The number of carbonyl (C=O) groups is 7. The van der Waals surface area contributed by atoms with Crippen LogP contribution >= 0.6 is 0 Å². The largest absolute Gasteiger partial charge is 0.460 e. The standard InChI is InChI=1S/C62H101NO17.C42H44N14O4/c1-13-75-30-31-77-33-32-76-29-19-23-55(64)78-50-27-25-47(37-54(50)73-11)36-43(5)53-39-52(72-10)42(4)35-45(7)57(66)58(74-12)56(65)44(6)34-40(2)20-15-14-16-21-41(3)51(71-9)38-48-26-24-46(8)62(70,80-48)59(67)60(68)63-28-18-17-22-49(63)61(69)79-53;1-2-59-16-10-32(57)7-4-27-19-45-41(46-20-27)53-12-14-54(15-13-53)42-47-21-31(22-48-42)39(58)55-11-9-28-17-26(3-5-30(28)24-55)23-56-38-35(37(43)49-25-50-38)36(52-56)29-6-8-34-33(18-29)51-40(44)60-34/h14-16,20-21,35,40,42-44,46-54,57-58,66,70H,13,17-19,22-34,36-39H2,1-12H3;3,5-6,8,17-22,25H,2,4,7,9-16,23-24H2,1H3,(H2,44,51)(H2,43,49,50)/b16-14+,20-15+,41-21+,45-35+;/t40-,42-,43-,44-,46-,47+,48+,49+,50-,51+,52-,53+,54-,57-,58+,62-;/m1./s1. The number of piperazine rings is 1. The van der Waals surface area contributed by atoms with E-state index in [-0.39, 0.29) is 85.0 Å². The third-order valence-electron chi connectivity index (χ3n) is 27.8. The molecule has 7 aromatic rings. The molecule has 3 saturated heterocycles. The lowest BCUT2D eigenvalue weighted by Gasteiger charge is -2.43. The molecule has 2 bridgehead atoms. The highest BCUT2D eigenvalue weighted by molar-refractivity contribution is 6.39. The van der Waals surface area contributed by atoms with Crippen molar-refractivity contribution in [2.75, 3.05) is 142 Å². The molecule has 2 amide bonds. The van der Waals surface area contributed by atoms with E-state index >= 15 is 0 Å². The van der Waals surface area contributed by atoms with Crippen LogP contribution in [0.3, 0.4) is 0 Å². The molecule has 4 fully saturated rings. The highest BCUT2D eigenvalue weighted by Crippen LogP contribution is 2.41. The molecule has 16 atom stereocenters. The Balaban J connectivity index is 0.000000259. The van der Waals surface area contributed by atoms with Crippen molar-refractivity contribution < 1.29 is 100 Å². The van der Waals surface area contributed by atoms with Crippen molar-refractivity contribution in [3.8, 4) is 11.3 Å². The van der Waals surface area contributed by atoms with Crippen LogP contribution in [-0.4, -0.2) is 287 Å². The van der Waals surface area contributed by atoms with Gasteiger partial charge in [0.25, 0.3) is 23.6 Å². The van der Waals surface area contributed by atoms with Crippen LogP contribution in [0.1, 0.15) is 198 Å². The Bertz CT molecular complexity index is 5370. The number of ketones is 3. The summed E-state index contributed by atoms with van der Waals surface area (Å²) in [5.74, 6) is -5.70. The number of aliphatic hydroxyl groups excluding tert-OH is 1. The summed E-state index contributed by atoms with van der Waals surface area (Å²) < 4.78 is 71.3. The van der Waals surface area contributed by atoms with Gasteiger partial charge < -0.3 is 97.8 Å². The maximum absolute atomic E-state index is 14.8. The Labute approximate surface area is 820 Å². The second-order valence-corrected chi connectivity index (χ2v) is 37.9. The summed E-state index contributed by atoms with van der Waals surface area (Å²) in [5, 5.41) is 29.4. The number of allylic oxidation sites excluding steroid dienone is 5. The normalized spacial score (nSPS) is 26.6. The van der Waals surface area contributed by atoms with E-state index in [0.717, 1.165) is 34.2 Å². The molecule has 36 nitrogen and oxygen atoms in total. The second-order valence-electron chi connectivity index (χ2n) is 37.9. The second kappa shape index (κ2) is 52.8. The molecule has 5 aliphatic heterocycles.